The molecule has 1 fully saturated rings. The predicted octanol–water partition coefficient (Wildman–Crippen LogP) is 6.05. The number of aryl methyl sites for hydroxylation is 1. The Bertz CT molecular complexity index is 994. The van der Waals surface area contributed by atoms with Gasteiger partial charge in [0.05, 0.1) is 23.8 Å². The van der Waals surface area contributed by atoms with Gasteiger partial charge in [0.1, 0.15) is 0 Å². The van der Waals surface area contributed by atoms with Crippen LogP contribution in [0.4, 0.5) is 5.69 Å². The summed E-state index contributed by atoms with van der Waals surface area (Å²) in [6.07, 6.45) is 1.94. The van der Waals surface area contributed by atoms with Gasteiger partial charge in [-0.05, 0) is 74.4 Å². The lowest BCUT2D eigenvalue weighted by Crippen LogP contribution is -2.32. The summed E-state index contributed by atoms with van der Waals surface area (Å²) in [5.74, 6) is 1.64. The number of methoxy groups -OCH3 is 1. The summed E-state index contributed by atoms with van der Waals surface area (Å²) >= 11 is 1.41. The van der Waals surface area contributed by atoms with E-state index in [0.29, 0.717) is 34.0 Å². The first-order valence-electron chi connectivity index (χ1n) is 10.5. The highest BCUT2D eigenvalue weighted by Crippen LogP contribution is 2.36. The lowest BCUT2D eigenvalue weighted by molar-refractivity contribution is -0.122. The molecule has 0 bridgehead atoms. The first kappa shape index (κ1) is 22.9. The van der Waals surface area contributed by atoms with E-state index in [2.05, 4.69) is 13.8 Å². The maximum Gasteiger partial charge on any atom is 0.266 e. The van der Waals surface area contributed by atoms with Gasteiger partial charge in [-0.15, -0.1) is 0 Å². The molecule has 0 N–H and O–H groups in total. The molecule has 31 heavy (non-hydrogen) atoms. The first-order valence-corrected chi connectivity index (χ1v) is 11.3. The van der Waals surface area contributed by atoms with E-state index in [1.165, 1.54) is 17.3 Å². The summed E-state index contributed by atoms with van der Waals surface area (Å²) in [6.45, 7) is 10.8. The van der Waals surface area contributed by atoms with Crippen molar-refractivity contribution in [3.05, 3.63) is 58.5 Å². The van der Waals surface area contributed by atoms with E-state index in [1.54, 1.807) is 12.0 Å². The van der Waals surface area contributed by atoms with Gasteiger partial charge < -0.3 is 9.47 Å². The molecule has 2 aromatic carbocycles. The molecule has 0 saturated carbocycles. The SMILES string of the molecule is COc1cc(/C=C2/SC(=Nc3ccc(C)cc3)N(CC(C)C)C2=O)ccc1OC(C)C. The lowest BCUT2D eigenvalue weighted by Gasteiger charge is -2.17. The zero-order valence-corrected chi connectivity index (χ0v) is 19.8. The monoisotopic (exact) mass is 438 g/mol. The quantitative estimate of drug-likeness (QED) is 0.494. The summed E-state index contributed by atoms with van der Waals surface area (Å²) in [5.41, 5.74) is 2.90. The molecule has 5 nitrogen and oxygen atoms in total. The Morgan fingerprint density at radius 2 is 1.77 bits per heavy atom. The Hall–Kier alpha value is -2.73. The average Bonchev–Trinajstić information content (AvgIpc) is 2.98. The molecule has 1 amide bonds. The van der Waals surface area contributed by atoms with Gasteiger partial charge in [0.25, 0.3) is 5.91 Å². The summed E-state index contributed by atoms with van der Waals surface area (Å²) in [4.78, 5) is 20.3. The second-order valence-electron chi connectivity index (χ2n) is 8.23. The first-order chi connectivity index (χ1) is 14.8. The molecule has 1 saturated heterocycles. The minimum atomic E-state index is -0.0222. The Kier molecular flexibility index (Phi) is 7.44. The molecule has 0 atom stereocenters. The van der Waals surface area contributed by atoms with Crippen molar-refractivity contribution in [3.63, 3.8) is 0 Å². The molecule has 0 unspecified atom stereocenters. The third kappa shape index (κ3) is 5.91. The number of aliphatic imine (C=N–C) groups is 1. The van der Waals surface area contributed by atoms with Gasteiger partial charge in [0.15, 0.2) is 16.7 Å². The van der Waals surface area contributed by atoms with E-state index in [4.69, 9.17) is 14.5 Å². The molecule has 1 aliphatic rings. The van der Waals surface area contributed by atoms with Gasteiger partial charge in [-0.25, -0.2) is 4.99 Å². The highest BCUT2D eigenvalue weighted by molar-refractivity contribution is 8.18. The molecule has 2 aromatic rings. The van der Waals surface area contributed by atoms with Crippen LogP contribution in [0.2, 0.25) is 0 Å². The number of nitrogens with zero attached hydrogens (tertiary/aromatic N) is 2. The van der Waals surface area contributed by atoms with E-state index < -0.39 is 0 Å². The van der Waals surface area contributed by atoms with Crippen molar-refractivity contribution >= 4 is 34.6 Å². The van der Waals surface area contributed by atoms with E-state index >= 15 is 0 Å². The Morgan fingerprint density at radius 1 is 1.06 bits per heavy atom. The minimum absolute atomic E-state index is 0.0222. The molecular formula is C25H30N2O3S. The number of hydrogen-bond acceptors (Lipinski definition) is 5. The van der Waals surface area contributed by atoms with Crippen LogP contribution in [-0.4, -0.2) is 35.7 Å². The molecule has 164 valence electrons. The van der Waals surface area contributed by atoms with Crippen molar-refractivity contribution in [2.24, 2.45) is 10.9 Å². The zero-order valence-electron chi connectivity index (χ0n) is 19.0. The van der Waals surface area contributed by atoms with Crippen LogP contribution in [0.5, 0.6) is 11.5 Å². The van der Waals surface area contributed by atoms with Crippen molar-refractivity contribution in [2.75, 3.05) is 13.7 Å². The number of benzene rings is 2. The fraction of sp³-hybridized carbons (Fsp3) is 0.360. The van der Waals surface area contributed by atoms with Crippen molar-refractivity contribution < 1.29 is 14.3 Å². The summed E-state index contributed by atoms with van der Waals surface area (Å²) in [7, 11) is 1.62. The summed E-state index contributed by atoms with van der Waals surface area (Å²) in [5, 5.41) is 0.709. The number of carbonyl (C=O) groups is 1. The molecule has 0 aliphatic carbocycles. The van der Waals surface area contributed by atoms with Crippen molar-refractivity contribution in [1.29, 1.82) is 0 Å². The highest BCUT2D eigenvalue weighted by atomic mass is 32.2. The van der Waals surface area contributed by atoms with Crippen molar-refractivity contribution in [1.82, 2.24) is 4.90 Å². The van der Waals surface area contributed by atoms with E-state index in [-0.39, 0.29) is 12.0 Å². The average molecular weight is 439 g/mol. The molecule has 6 heteroatoms. The van der Waals surface area contributed by atoms with Crippen LogP contribution >= 0.6 is 11.8 Å². The Morgan fingerprint density at radius 3 is 2.39 bits per heavy atom. The van der Waals surface area contributed by atoms with Gasteiger partial charge in [-0.2, -0.15) is 0 Å². The standard InChI is InChI=1S/C25H30N2O3S/c1-16(2)15-27-24(28)23(31-25(27)26-20-10-7-18(5)8-11-20)14-19-9-12-21(30-17(3)4)22(13-19)29-6/h7-14,16-17H,15H2,1-6H3/b23-14+,26-25?. The number of amides is 1. The second kappa shape index (κ2) is 10.1. The fourth-order valence-corrected chi connectivity index (χ4v) is 4.13. The van der Waals surface area contributed by atoms with Crippen LogP contribution in [0, 0.1) is 12.8 Å². The van der Waals surface area contributed by atoms with Crippen LogP contribution in [0.3, 0.4) is 0 Å². The van der Waals surface area contributed by atoms with Crippen molar-refractivity contribution in [3.8, 4) is 11.5 Å². The van der Waals surface area contributed by atoms with Crippen LogP contribution in [-0.2, 0) is 4.79 Å². The minimum Gasteiger partial charge on any atom is -0.493 e. The lowest BCUT2D eigenvalue weighted by atomic mass is 10.1. The van der Waals surface area contributed by atoms with Gasteiger partial charge >= 0.3 is 0 Å². The van der Waals surface area contributed by atoms with Gasteiger partial charge in [0, 0.05) is 6.54 Å². The van der Waals surface area contributed by atoms with Gasteiger partial charge in [-0.1, -0.05) is 37.6 Å². The Labute approximate surface area is 189 Å². The maximum atomic E-state index is 13.2. The highest BCUT2D eigenvalue weighted by Gasteiger charge is 2.33. The number of carbonyl (C=O) groups excluding carboxylic acids is 1. The number of hydrogen-bond donors (Lipinski definition) is 0. The molecule has 0 aromatic heterocycles. The zero-order chi connectivity index (χ0) is 22.5. The third-order valence-corrected chi connectivity index (χ3v) is 5.55. The third-order valence-electron chi connectivity index (χ3n) is 4.54. The van der Waals surface area contributed by atoms with Crippen molar-refractivity contribution in [2.45, 2.75) is 40.7 Å². The second-order valence-corrected chi connectivity index (χ2v) is 9.24. The number of thioether (sulfide) groups is 1. The summed E-state index contributed by atoms with van der Waals surface area (Å²) in [6, 6.07) is 13.7. The molecule has 1 aliphatic heterocycles. The van der Waals surface area contributed by atoms with Crippen LogP contribution < -0.4 is 9.47 Å². The smallest absolute Gasteiger partial charge is 0.266 e. The molecular weight excluding hydrogens is 408 g/mol. The van der Waals surface area contributed by atoms with E-state index in [9.17, 15) is 4.79 Å². The van der Waals surface area contributed by atoms with E-state index in [1.807, 2.05) is 69.3 Å². The number of rotatable bonds is 7. The van der Waals surface area contributed by atoms with Crippen LogP contribution in [0.15, 0.2) is 52.4 Å². The molecule has 3 rings (SSSR count). The molecule has 0 radical (unpaired) electrons. The van der Waals surface area contributed by atoms with E-state index in [0.717, 1.165) is 11.3 Å². The van der Waals surface area contributed by atoms with Gasteiger partial charge in [0.2, 0.25) is 0 Å². The normalized spacial score (nSPS) is 16.8. The topological polar surface area (TPSA) is 51.1 Å². The van der Waals surface area contributed by atoms with Gasteiger partial charge in [-0.3, -0.25) is 9.69 Å². The maximum absolute atomic E-state index is 13.2. The summed E-state index contributed by atoms with van der Waals surface area (Å²) < 4.78 is 11.3. The Balaban J connectivity index is 1.93. The van der Waals surface area contributed by atoms with Crippen LogP contribution in [0.1, 0.15) is 38.8 Å². The molecule has 0 spiro atoms. The number of ether oxygens (including phenoxy) is 2. The van der Waals surface area contributed by atoms with Crippen LogP contribution in [0.25, 0.3) is 6.08 Å². The molecule has 1 heterocycles. The fourth-order valence-electron chi connectivity index (χ4n) is 3.12. The number of amidine groups is 1. The predicted molar refractivity (Wildman–Crippen MR) is 129 cm³/mol. The largest absolute Gasteiger partial charge is 0.493 e.